The van der Waals surface area contributed by atoms with Crippen LogP contribution < -0.4 is 26.6 Å². The van der Waals surface area contributed by atoms with Gasteiger partial charge in [0.05, 0.1) is 23.8 Å². The molecule has 1 atom stereocenters. The number of nitrogens with zero attached hydrogens (tertiary/aromatic N) is 5. The standard InChI is InChI=1S/C29H39FN10O2/c1-39-14-2-3-21(39)10-13-32-29(42)36-20-8-6-19(7-9-20)35-26-15-24(34-18-4-5-18)27-33-17-25(40(27)38-26)28(41)37-23-11-12-31-16-22(23)30/h11-12,15-21,34H,2-10,13-14H2,1H3,(H,35,38)(H,31,37,41)(H2,32,36,42)/t19-,20-,21?. The van der Waals surface area contributed by atoms with Gasteiger partial charge in [0.25, 0.3) is 5.91 Å². The first-order chi connectivity index (χ1) is 20.4. The Bertz CT molecular complexity index is 1420. The second kappa shape index (κ2) is 12.5. The van der Waals surface area contributed by atoms with E-state index in [1.54, 1.807) is 0 Å². The highest BCUT2D eigenvalue weighted by atomic mass is 19.1. The summed E-state index contributed by atoms with van der Waals surface area (Å²) in [6.07, 6.45) is 13.0. The van der Waals surface area contributed by atoms with E-state index < -0.39 is 11.7 Å². The number of anilines is 3. The van der Waals surface area contributed by atoms with Crippen LogP contribution in [0.3, 0.4) is 0 Å². The number of halogens is 1. The van der Waals surface area contributed by atoms with E-state index in [2.05, 4.69) is 48.5 Å². The summed E-state index contributed by atoms with van der Waals surface area (Å²) >= 11 is 0. The lowest BCUT2D eigenvalue weighted by molar-refractivity contribution is 0.102. The zero-order chi connectivity index (χ0) is 29.1. The van der Waals surface area contributed by atoms with Crippen LogP contribution in [-0.4, -0.2) is 80.7 Å². The van der Waals surface area contributed by atoms with Crippen molar-refractivity contribution in [3.63, 3.8) is 0 Å². The van der Waals surface area contributed by atoms with Gasteiger partial charge < -0.3 is 31.5 Å². The van der Waals surface area contributed by atoms with Crippen molar-refractivity contribution in [1.82, 2.24) is 35.1 Å². The van der Waals surface area contributed by atoms with Crippen LogP contribution in [0.4, 0.5) is 26.4 Å². The van der Waals surface area contributed by atoms with Gasteiger partial charge in [0.1, 0.15) is 5.82 Å². The van der Waals surface area contributed by atoms with E-state index in [1.807, 2.05) is 6.07 Å². The van der Waals surface area contributed by atoms with E-state index in [0.717, 1.165) is 63.4 Å². The van der Waals surface area contributed by atoms with Crippen LogP contribution in [0.5, 0.6) is 0 Å². The van der Waals surface area contributed by atoms with Crippen molar-refractivity contribution < 1.29 is 14.0 Å². The molecule has 5 N–H and O–H groups in total. The van der Waals surface area contributed by atoms with Gasteiger partial charge in [0, 0.05) is 43.0 Å². The van der Waals surface area contributed by atoms with Crippen LogP contribution in [0.15, 0.2) is 30.7 Å². The minimum absolute atomic E-state index is 0.0380. The Morgan fingerprint density at radius 2 is 1.76 bits per heavy atom. The van der Waals surface area contributed by atoms with E-state index in [9.17, 15) is 14.0 Å². The maximum Gasteiger partial charge on any atom is 0.315 e. The summed E-state index contributed by atoms with van der Waals surface area (Å²) in [6, 6.07) is 4.50. The SMILES string of the molecule is CN1CCCC1CCNC(=O)N[C@H]1CC[C@H](Nc2cc(NC3CC3)c3ncc(C(=O)Nc4ccncc4F)n3n2)CC1. The number of carbonyl (C=O) groups is 2. The molecular formula is C29H39FN10O2. The lowest BCUT2D eigenvalue weighted by Gasteiger charge is -2.30. The number of imidazole rings is 1. The van der Waals surface area contributed by atoms with Crippen molar-refractivity contribution >= 4 is 34.8 Å². The Morgan fingerprint density at radius 1 is 1.00 bits per heavy atom. The molecule has 3 aliphatic rings. The quantitative estimate of drug-likeness (QED) is 0.246. The number of fused-ring (bicyclic) bond motifs is 1. The van der Waals surface area contributed by atoms with Crippen LogP contribution in [0.2, 0.25) is 0 Å². The first-order valence-electron chi connectivity index (χ1n) is 15.0. The van der Waals surface area contributed by atoms with Crippen LogP contribution in [0.1, 0.15) is 68.3 Å². The number of urea groups is 1. The molecule has 1 saturated heterocycles. The van der Waals surface area contributed by atoms with Gasteiger partial charge in [-0.25, -0.2) is 18.7 Å². The average Bonchev–Trinajstić information content (AvgIpc) is 3.53. The van der Waals surface area contributed by atoms with Crippen molar-refractivity contribution in [3.05, 3.63) is 42.2 Å². The van der Waals surface area contributed by atoms with Crippen molar-refractivity contribution in [2.75, 3.05) is 36.1 Å². The molecule has 4 heterocycles. The zero-order valence-electron chi connectivity index (χ0n) is 23.9. The molecule has 0 radical (unpaired) electrons. The number of amides is 3. The zero-order valence-corrected chi connectivity index (χ0v) is 23.9. The largest absolute Gasteiger partial charge is 0.379 e. The second-order valence-corrected chi connectivity index (χ2v) is 11.7. The van der Waals surface area contributed by atoms with Gasteiger partial charge in [-0.15, -0.1) is 5.10 Å². The Balaban J connectivity index is 1.06. The number of hydrogen-bond acceptors (Lipinski definition) is 8. The van der Waals surface area contributed by atoms with Crippen molar-refractivity contribution in [2.24, 2.45) is 0 Å². The fourth-order valence-corrected chi connectivity index (χ4v) is 5.93. The summed E-state index contributed by atoms with van der Waals surface area (Å²) in [4.78, 5) is 36.1. The molecule has 0 bridgehead atoms. The topological polar surface area (TPSA) is 141 Å². The Labute approximate surface area is 244 Å². The molecule has 42 heavy (non-hydrogen) atoms. The number of carbonyl (C=O) groups excluding carboxylic acids is 2. The number of rotatable bonds is 10. The average molecular weight is 579 g/mol. The number of pyridine rings is 1. The van der Waals surface area contributed by atoms with Crippen molar-refractivity contribution in [2.45, 2.75) is 82.0 Å². The highest BCUT2D eigenvalue weighted by Gasteiger charge is 2.27. The highest BCUT2D eigenvalue weighted by Crippen LogP contribution is 2.30. The Morgan fingerprint density at radius 3 is 2.50 bits per heavy atom. The van der Waals surface area contributed by atoms with Gasteiger partial charge in [-0.05, 0) is 77.4 Å². The molecule has 0 aromatic carbocycles. The van der Waals surface area contributed by atoms with E-state index >= 15 is 0 Å². The predicted octanol–water partition coefficient (Wildman–Crippen LogP) is 3.60. The molecule has 0 spiro atoms. The van der Waals surface area contributed by atoms with Crippen LogP contribution in [0, 0.1) is 5.82 Å². The van der Waals surface area contributed by atoms with E-state index in [-0.39, 0.29) is 29.5 Å². The molecule has 3 aromatic heterocycles. The number of likely N-dealkylation sites (tertiary alicyclic amines) is 1. The third-order valence-corrected chi connectivity index (χ3v) is 8.51. The fourth-order valence-electron chi connectivity index (χ4n) is 5.93. The maximum absolute atomic E-state index is 14.1. The Kier molecular flexibility index (Phi) is 8.36. The molecule has 1 aliphatic heterocycles. The predicted molar refractivity (Wildman–Crippen MR) is 158 cm³/mol. The van der Waals surface area contributed by atoms with Gasteiger partial charge in [0.2, 0.25) is 0 Å². The Hall–Kier alpha value is -4.00. The van der Waals surface area contributed by atoms with Gasteiger partial charge in [0.15, 0.2) is 17.2 Å². The monoisotopic (exact) mass is 578 g/mol. The molecule has 1 unspecified atom stereocenters. The maximum atomic E-state index is 14.1. The number of hydrogen-bond donors (Lipinski definition) is 5. The number of nitrogens with one attached hydrogen (secondary N) is 5. The van der Waals surface area contributed by atoms with E-state index in [4.69, 9.17) is 5.10 Å². The molecule has 6 rings (SSSR count). The fraction of sp³-hybridized carbons (Fsp3) is 0.552. The molecular weight excluding hydrogens is 539 g/mol. The summed E-state index contributed by atoms with van der Waals surface area (Å²) < 4.78 is 15.6. The van der Waals surface area contributed by atoms with Crippen LogP contribution >= 0.6 is 0 Å². The van der Waals surface area contributed by atoms with Gasteiger partial charge in [-0.2, -0.15) is 0 Å². The minimum atomic E-state index is -0.620. The lowest BCUT2D eigenvalue weighted by atomic mass is 9.91. The first kappa shape index (κ1) is 28.1. The summed E-state index contributed by atoms with van der Waals surface area (Å²) in [5, 5.41) is 20.5. The van der Waals surface area contributed by atoms with Crippen LogP contribution in [-0.2, 0) is 0 Å². The third-order valence-electron chi connectivity index (χ3n) is 8.51. The summed E-state index contributed by atoms with van der Waals surface area (Å²) in [5.41, 5.74) is 1.56. The van der Waals surface area contributed by atoms with Crippen LogP contribution in [0.25, 0.3) is 5.65 Å². The molecule has 224 valence electrons. The molecule has 3 fully saturated rings. The summed E-state index contributed by atoms with van der Waals surface area (Å²) in [5.74, 6) is -0.515. The number of aromatic nitrogens is 4. The summed E-state index contributed by atoms with van der Waals surface area (Å²) in [7, 11) is 2.15. The second-order valence-electron chi connectivity index (χ2n) is 11.7. The van der Waals surface area contributed by atoms with Gasteiger partial charge >= 0.3 is 6.03 Å². The molecule has 3 aromatic rings. The van der Waals surface area contributed by atoms with E-state index in [0.29, 0.717) is 30.1 Å². The lowest BCUT2D eigenvalue weighted by Crippen LogP contribution is -2.45. The molecule has 2 aliphatic carbocycles. The molecule has 3 amide bonds. The molecule has 13 heteroatoms. The molecule has 2 saturated carbocycles. The molecule has 12 nitrogen and oxygen atoms in total. The van der Waals surface area contributed by atoms with Gasteiger partial charge in [-0.1, -0.05) is 0 Å². The summed E-state index contributed by atoms with van der Waals surface area (Å²) in [6.45, 7) is 1.83. The minimum Gasteiger partial charge on any atom is -0.379 e. The van der Waals surface area contributed by atoms with Crippen molar-refractivity contribution in [1.29, 1.82) is 0 Å². The smallest absolute Gasteiger partial charge is 0.315 e. The first-order valence-corrected chi connectivity index (χ1v) is 15.0. The van der Waals surface area contributed by atoms with Crippen molar-refractivity contribution in [3.8, 4) is 0 Å². The van der Waals surface area contributed by atoms with E-state index in [1.165, 1.54) is 35.8 Å². The highest BCUT2D eigenvalue weighted by molar-refractivity contribution is 6.03. The van der Waals surface area contributed by atoms with Gasteiger partial charge in [-0.3, -0.25) is 9.78 Å². The normalized spacial score (nSPS) is 22.6. The third kappa shape index (κ3) is 6.72.